The number of likely N-dealkylation sites (tertiary alicyclic amines) is 2. The van der Waals surface area contributed by atoms with Crippen LogP contribution in [0.15, 0.2) is 36.4 Å². The summed E-state index contributed by atoms with van der Waals surface area (Å²) in [6.45, 7) is 10.7. The molecule has 2 aromatic carbocycles. The summed E-state index contributed by atoms with van der Waals surface area (Å²) in [4.78, 5) is 49.7. The predicted octanol–water partition coefficient (Wildman–Crippen LogP) is 6.60. The van der Waals surface area contributed by atoms with Gasteiger partial charge in [-0.2, -0.15) is 10.5 Å². The molecule has 2 fully saturated rings. The third kappa shape index (κ3) is 14.0. The number of nitriles is 2. The van der Waals surface area contributed by atoms with E-state index in [2.05, 4.69) is 17.5 Å². The van der Waals surface area contributed by atoms with Gasteiger partial charge in [0.15, 0.2) is 28.8 Å². The molecule has 0 atom stereocenters. The summed E-state index contributed by atoms with van der Waals surface area (Å²) in [5.74, 6) is -4.94. The minimum atomic E-state index is -1.31. The van der Waals surface area contributed by atoms with Gasteiger partial charge in [0.2, 0.25) is 11.1 Å². The highest BCUT2D eigenvalue weighted by Gasteiger charge is 2.53. The van der Waals surface area contributed by atoms with E-state index in [9.17, 15) is 47.3 Å². The third-order valence-corrected chi connectivity index (χ3v) is 8.27. The first kappa shape index (κ1) is 46.8. The van der Waals surface area contributed by atoms with Crippen molar-refractivity contribution in [3.63, 3.8) is 0 Å². The molecule has 1 N–H and O–H groups in total. The fraction of sp³-hybridized carbons (Fsp3) is 0.500. The number of nitrogens with one attached hydrogen (secondary N) is 1. The molecule has 2 aliphatic heterocycles. The molecule has 2 aromatic rings. The topological polar surface area (TPSA) is 156 Å². The maximum absolute atomic E-state index is 13.5. The Morgan fingerprint density at radius 3 is 1.58 bits per heavy atom. The first-order valence-electron chi connectivity index (χ1n) is 16.4. The molecule has 0 bridgehead atoms. The zero-order valence-corrected chi connectivity index (χ0v) is 33.2. The molecule has 2 aliphatic rings. The van der Waals surface area contributed by atoms with Crippen molar-refractivity contribution in [3.8, 4) is 12.1 Å². The second-order valence-corrected chi connectivity index (χ2v) is 15.4. The van der Waals surface area contributed by atoms with Gasteiger partial charge in [0.05, 0.1) is 44.2 Å². The summed E-state index contributed by atoms with van der Waals surface area (Å²) < 4.78 is 63.1. The first-order chi connectivity index (χ1) is 25.4. The van der Waals surface area contributed by atoms with E-state index in [0.29, 0.717) is 11.1 Å². The van der Waals surface area contributed by atoms with Crippen LogP contribution >= 0.6 is 34.8 Å². The highest BCUT2D eigenvalue weighted by atomic mass is 35.5. The van der Waals surface area contributed by atoms with Crippen LogP contribution in [0.1, 0.15) is 52.7 Å². The van der Waals surface area contributed by atoms with Gasteiger partial charge in [0.1, 0.15) is 22.6 Å². The van der Waals surface area contributed by atoms with E-state index < -0.39 is 68.9 Å². The smallest absolute Gasteiger partial charge is 0.410 e. The average molecular weight is 836 g/mol. The molecule has 0 spiro atoms. The number of ether oxygens (including phenoxy) is 2. The average Bonchev–Trinajstić information content (AvgIpc) is 3.05. The lowest BCUT2D eigenvalue weighted by molar-refractivity contribution is -0.140. The number of hydrogen-bond donors (Lipinski definition) is 1. The van der Waals surface area contributed by atoms with E-state index in [1.165, 1.54) is 26.8 Å². The Hall–Kier alpha value is -4.35. The summed E-state index contributed by atoms with van der Waals surface area (Å²) >= 11 is 15.2. The van der Waals surface area contributed by atoms with Crippen LogP contribution in [0.2, 0.25) is 0 Å². The van der Waals surface area contributed by atoms with Gasteiger partial charge >= 0.3 is 12.2 Å². The van der Waals surface area contributed by atoms with Crippen LogP contribution in [-0.4, -0.2) is 98.3 Å². The number of benzene rings is 2. The molecule has 19 heteroatoms. The Bertz CT molecular complexity index is 1800. The van der Waals surface area contributed by atoms with Gasteiger partial charge in [0, 0.05) is 13.1 Å². The summed E-state index contributed by atoms with van der Waals surface area (Å²) in [6.07, 6.45) is -1.07. The predicted molar refractivity (Wildman–Crippen MR) is 195 cm³/mol. The Morgan fingerprint density at radius 1 is 0.764 bits per heavy atom. The zero-order valence-electron chi connectivity index (χ0n) is 31.0. The molecule has 12 nitrogen and oxygen atoms in total. The molecule has 55 heavy (non-hydrogen) atoms. The number of carbonyl (C=O) groups excluding carboxylic acids is 4. The minimum Gasteiger partial charge on any atom is -0.444 e. The van der Waals surface area contributed by atoms with Crippen molar-refractivity contribution in [3.05, 3.63) is 70.8 Å². The number of rotatable bonds is 8. The van der Waals surface area contributed by atoms with E-state index in [1.807, 2.05) is 0 Å². The summed E-state index contributed by atoms with van der Waals surface area (Å²) in [5.41, 5.74) is -2.68. The van der Waals surface area contributed by atoms with E-state index in [1.54, 1.807) is 41.5 Å². The van der Waals surface area contributed by atoms with Crippen LogP contribution in [-0.2, 0) is 32.2 Å². The summed E-state index contributed by atoms with van der Waals surface area (Å²) in [6, 6.07) is 11.0. The molecule has 2 heterocycles. The molecule has 3 amide bonds. The number of alkyl halides is 2. The zero-order chi connectivity index (χ0) is 41.9. The van der Waals surface area contributed by atoms with Gasteiger partial charge < -0.3 is 24.2 Å². The molecule has 0 saturated carbocycles. The Morgan fingerprint density at radius 2 is 1.20 bits per heavy atom. The van der Waals surface area contributed by atoms with Crippen LogP contribution in [0.4, 0.5) is 27.2 Å². The lowest BCUT2D eigenvalue weighted by Crippen LogP contribution is -2.71. The number of amides is 3. The molecular weight excluding hydrogens is 795 g/mol. The minimum absolute atomic E-state index is 0.0648. The normalized spacial score (nSPS) is 15.2. The van der Waals surface area contributed by atoms with Gasteiger partial charge in [0.25, 0.3) is 0 Å². The van der Waals surface area contributed by atoms with Crippen molar-refractivity contribution in [2.24, 2.45) is 0 Å². The SMILES string of the molecule is CC(C)(C)OC(=O)N1CC(C#N)(N(Cc2ccc(F)c(F)c2)C(=O)CCl)C1.CC(C)(C)OC(=O)N1CC(C#N)(NCc2ccc(F)c(F)c2)C1.O=C(Cl)CCl. The molecule has 4 rings (SSSR count). The van der Waals surface area contributed by atoms with Gasteiger partial charge in [-0.15, -0.1) is 23.2 Å². The number of halogens is 7. The maximum atomic E-state index is 13.5. The van der Waals surface area contributed by atoms with Gasteiger partial charge in [-0.3, -0.25) is 14.9 Å². The quantitative estimate of drug-likeness (QED) is 0.176. The van der Waals surface area contributed by atoms with Gasteiger partial charge in [-0.05, 0) is 88.5 Å². The monoisotopic (exact) mass is 834 g/mol. The first-order valence-corrected chi connectivity index (χ1v) is 17.9. The number of nitrogens with zero attached hydrogens (tertiary/aromatic N) is 5. The second-order valence-electron chi connectivity index (χ2n) is 14.5. The number of carbonyl (C=O) groups is 4. The molecule has 0 unspecified atom stereocenters. The molecular formula is C36H41Cl3F4N6O6. The molecule has 0 aromatic heterocycles. The summed E-state index contributed by atoms with van der Waals surface area (Å²) in [5, 5.41) is 21.5. The van der Waals surface area contributed by atoms with Crippen molar-refractivity contribution in [2.45, 2.75) is 76.9 Å². The van der Waals surface area contributed by atoms with E-state index in [0.717, 1.165) is 24.3 Å². The molecule has 0 radical (unpaired) electrons. The lowest BCUT2D eigenvalue weighted by atomic mass is 9.89. The largest absolute Gasteiger partial charge is 0.444 e. The van der Waals surface area contributed by atoms with Crippen molar-refractivity contribution in [1.29, 1.82) is 10.5 Å². The maximum Gasteiger partial charge on any atom is 0.410 e. The summed E-state index contributed by atoms with van der Waals surface area (Å²) in [7, 11) is 0. The van der Waals surface area contributed by atoms with Crippen LogP contribution in [0.5, 0.6) is 0 Å². The second kappa shape index (κ2) is 19.5. The van der Waals surface area contributed by atoms with Crippen molar-refractivity contribution >= 4 is 58.1 Å². The van der Waals surface area contributed by atoms with Crippen LogP contribution in [0.25, 0.3) is 0 Å². The van der Waals surface area contributed by atoms with Crippen LogP contribution in [0.3, 0.4) is 0 Å². The lowest BCUT2D eigenvalue weighted by Gasteiger charge is -2.51. The molecule has 2 saturated heterocycles. The standard InChI is InChI=1S/C18H20ClF2N3O3.C16H19F2N3O2.C2H2Cl2O/c1-17(2,3)27-16(26)23-10-18(9-22,11-23)24(15(25)7-19)8-12-4-5-13(20)14(21)6-12;1-15(2,3)23-14(22)21-9-16(8-19,10-21)20-7-11-4-5-12(17)13(18)6-11;3-1-2(4)5/h4-6H,7-8,10-11H2,1-3H3;4-6,20H,7,9-10H2,1-3H3;1H2. The fourth-order valence-electron chi connectivity index (χ4n) is 4.92. The molecule has 0 aliphatic carbocycles. The van der Waals surface area contributed by atoms with Crippen molar-refractivity contribution in [1.82, 2.24) is 20.0 Å². The Kier molecular flexibility index (Phi) is 16.6. The fourth-order valence-corrected chi connectivity index (χ4v) is 5.06. The van der Waals surface area contributed by atoms with Gasteiger partial charge in [-0.25, -0.2) is 27.2 Å². The van der Waals surface area contributed by atoms with Crippen molar-refractivity contribution in [2.75, 3.05) is 37.9 Å². The Labute approximate surface area is 331 Å². The molecule has 300 valence electrons. The van der Waals surface area contributed by atoms with Crippen LogP contribution < -0.4 is 5.32 Å². The third-order valence-electron chi connectivity index (χ3n) is 7.53. The van der Waals surface area contributed by atoms with Gasteiger partial charge in [-0.1, -0.05) is 12.1 Å². The van der Waals surface area contributed by atoms with E-state index in [-0.39, 0.29) is 51.0 Å². The van der Waals surface area contributed by atoms with Crippen LogP contribution in [0, 0.1) is 45.9 Å². The highest BCUT2D eigenvalue weighted by Crippen LogP contribution is 2.31. The Balaban J connectivity index is 0.000000342. The highest BCUT2D eigenvalue weighted by molar-refractivity contribution is 6.67. The van der Waals surface area contributed by atoms with E-state index in [4.69, 9.17) is 44.3 Å². The number of hydrogen-bond acceptors (Lipinski definition) is 9. The van der Waals surface area contributed by atoms with Crippen molar-refractivity contribution < 1.29 is 46.2 Å². The van der Waals surface area contributed by atoms with E-state index >= 15 is 0 Å².